The molecule has 2 rings (SSSR count). The fourth-order valence-electron chi connectivity index (χ4n) is 3.33. The second-order valence-corrected chi connectivity index (χ2v) is 7.46. The zero-order chi connectivity index (χ0) is 23.2. The average Bonchev–Trinajstić information content (AvgIpc) is 2.77. The van der Waals surface area contributed by atoms with Crippen molar-refractivity contribution in [3.8, 4) is 0 Å². The van der Waals surface area contributed by atoms with Gasteiger partial charge in [0.1, 0.15) is 11.6 Å². The Labute approximate surface area is 297 Å². The minimum Gasteiger partial charge on any atom is -0.651 e. The van der Waals surface area contributed by atoms with Gasteiger partial charge in [-0.25, -0.2) is 0 Å². The molecule has 1 aromatic carbocycles. The number of ether oxygens (including phenoxy) is 2. The number of hydrogen-bond acceptors (Lipinski definition) is 7. The Morgan fingerprint density at radius 1 is 1.00 bits per heavy atom. The smallest absolute Gasteiger partial charge is 0.651 e. The number of hydrogen-bond donors (Lipinski definition) is 0. The van der Waals surface area contributed by atoms with E-state index in [-0.39, 0.29) is 154 Å². The Morgan fingerprint density at radius 2 is 1.74 bits per heavy atom. The SMILES string of the molecule is O=COCCCOCC[N-]C(=O)CC(=O)[N-]c1ccc(CC(=O)C2CCCCC2=O)cc1.[Rb+].[Rb+]. The van der Waals surface area contributed by atoms with E-state index >= 15 is 0 Å². The van der Waals surface area contributed by atoms with Gasteiger partial charge in [-0.15, -0.1) is 12.2 Å². The molecule has 11 heteroatoms. The Kier molecular flexibility index (Phi) is 20.9. The molecule has 1 aliphatic rings. The van der Waals surface area contributed by atoms with Crippen molar-refractivity contribution in [3.05, 3.63) is 40.5 Å². The summed E-state index contributed by atoms with van der Waals surface area (Å²) in [6.45, 7) is 1.38. The van der Waals surface area contributed by atoms with Crippen molar-refractivity contribution in [2.75, 3.05) is 26.4 Å². The van der Waals surface area contributed by atoms with E-state index in [1.54, 1.807) is 24.3 Å². The maximum Gasteiger partial charge on any atom is 1.00 e. The molecule has 1 saturated carbocycles. The van der Waals surface area contributed by atoms with Gasteiger partial charge in [0.15, 0.2) is 0 Å². The molecule has 9 nitrogen and oxygen atoms in total. The third-order valence-electron chi connectivity index (χ3n) is 4.96. The van der Waals surface area contributed by atoms with E-state index in [0.29, 0.717) is 38.0 Å². The predicted molar refractivity (Wildman–Crippen MR) is 115 cm³/mol. The van der Waals surface area contributed by atoms with Crippen molar-refractivity contribution in [1.82, 2.24) is 0 Å². The Hall–Kier alpha value is 0.540. The first-order valence-corrected chi connectivity index (χ1v) is 10.7. The number of Topliss-reactive ketones (excluding diaryl/α,β-unsaturated/α-hetero) is 2. The van der Waals surface area contributed by atoms with Crippen LogP contribution in [0.2, 0.25) is 0 Å². The van der Waals surface area contributed by atoms with E-state index < -0.39 is 24.2 Å². The van der Waals surface area contributed by atoms with Crippen LogP contribution in [0.4, 0.5) is 5.69 Å². The molecule has 174 valence electrons. The van der Waals surface area contributed by atoms with E-state index in [0.717, 1.165) is 18.4 Å². The summed E-state index contributed by atoms with van der Waals surface area (Å²) < 4.78 is 9.73. The first kappa shape index (κ1) is 34.5. The Balaban J connectivity index is 0.00000544. The zero-order valence-electron chi connectivity index (χ0n) is 20.0. The van der Waals surface area contributed by atoms with Gasteiger partial charge in [-0.1, -0.05) is 30.7 Å². The summed E-state index contributed by atoms with van der Waals surface area (Å²) in [5.74, 6) is -1.72. The predicted octanol–water partition coefficient (Wildman–Crippen LogP) is -3.03. The molecule has 0 saturated heterocycles. The van der Waals surface area contributed by atoms with Gasteiger partial charge in [-0.2, -0.15) is 0 Å². The van der Waals surface area contributed by atoms with Crippen LogP contribution in [0.5, 0.6) is 0 Å². The molecule has 34 heavy (non-hydrogen) atoms. The number of ketones is 2. The van der Waals surface area contributed by atoms with E-state index in [1.165, 1.54) is 0 Å². The minimum absolute atomic E-state index is 0. The van der Waals surface area contributed by atoms with E-state index in [9.17, 15) is 24.0 Å². The van der Waals surface area contributed by atoms with Crippen LogP contribution in [0.3, 0.4) is 0 Å². The van der Waals surface area contributed by atoms with Gasteiger partial charge < -0.3 is 29.7 Å². The number of benzene rings is 1. The molecule has 0 N–H and O–H groups in total. The van der Waals surface area contributed by atoms with Gasteiger partial charge in [-0.05, 0) is 18.4 Å². The fraction of sp³-hybridized carbons (Fsp3) is 0.522. The first-order chi connectivity index (χ1) is 15.5. The topological polar surface area (TPSA) is 132 Å². The summed E-state index contributed by atoms with van der Waals surface area (Å²) in [5, 5.41) is 7.61. The number of amides is 2. The maximum atomic E-state index is 12.4. The quantitative estimate of drug-likeness (QED) is 0.124. The molecular weight excluding hydrogens is 587 g/mol. The summed E-state index contributed by atoms with van der Waals surface area (Å²) in [4.78, 5) is 57.9. The molecule has 1 aliphatic carbocycles. The summed E-state index contributed by atoms with van der Waals surface area (Å²) >= 11 is 0. The van der Waals surface area contributed by atoms with Crippen LogP contribution in [0.25, 0.3) is 10.6 Å². The van der Waals surface area contributed by atoms with Crippen LogP contribution in [0.1, 0.15) is 44.1 Å². The average molecular weight is 615 g/mol. The van der Waals surface area contributed by atoms with Gasteiger partial charge in [0.05, 0.1) is 24.3 Å². The molecule has 1 atom stereocenters. The second kappa shape index (κ2) is 20.6. The number of rotatable bonds is 14. The molecule has 1 fully saturated rings. The molecule has 0 aliphatic heterocycles. The van der Waals surface area contributed by atoms with Crippen LogP contribution in [0.15, 0.2) is 24.3 Å². The molecule has 0 radical (unpaired) electrons. The summed E-state index contributed by atoms with van der Waals surface area (Å²) in [5.41, 5.74) is 1.14. The standard InChI is InChI=1S/C23H30N2O7.2Rb/c26-16-32-12-3-11-31-13-10-24-22(29)15-23(30)25-18-8-6-17(7-9-18)14-21(28)19-4-1-2-5-20(19)27;;/h6-9,16,19H,1-5,10-15H2,(H2,24,25,29,30);;/q;2*+1/p-2. The van der Waals surface area contributed by atoms with Crippen molar-refractivity contribution in [2.24, 2.45) is 5.92 Å². The van der Waals surface area contributed by atoms with Crippen LogP contribution in [0, 0.1) is 5.92 Å². The van der Waals surface area contributed by atoms with Gasteiger partial charge in [0, 0.05) is 38.9 Å². The third-order valence-corrected chi connectivity index (χ3v) is 4.96. The molecule has 0 bridgehead atoms. The van der Waals surface area contributed by atoms with Gasteiger partial charge >= 0.3 is 116 Å². The molecule has 1 unspecified atom stereocenters. The first-order valence-electron chi connectivity index (χ1n) is 10.7. The Bertz CT molecular complexity index is 803. The third kappa shape index (κ3) is 14.3. The number of carbonyl (C=O) groups excluding carboxylic acids is 5. The van der Waals surface area contributed by atoms with E-state index in [4.69, 9.17) is 4.74 Å². The summed E-state index contributed by atoms with van der Waals surface area (Å²) in [7, 11) is 0. The van der Waals surface area contributed by atoms with Gasteiger partial charge in [0.25, 0.3) is 6.47 Å². The molecule has 0 spiro atoms. The molecular formula is C23H28N2O7Rb2. The molecule has 2 amide bonds. The van der Waals surface area contributed by atoms with Crippen molar-refractivity contribution in [3.63, 3.8) is 0 Å². The van der Waals surface area contributed by atoms with Crippen LogP contribution in [-0.4, -0.2) is 56.2 Å². The molecule has 1 aromatic rings. The maximum absolute atomic E-state index is 12.4. The summed E-state index contributed by atoms with van der Waals surface area (Å²) in [6.07, 6.45) is 3.15. The second-order valence-electron chi connectivity index (χ2n) is 7.46. The van der Waals surface area contributed by atoms with Crippen molar-refractivity contribution in [1.29, 1.82) is 0 Å². The number of carbonyl (C=O) groups is 5. The molecule has 0 heterocycles. The van der Waals surface area contributed by atoms with Crippen molar-refractivity contribution >= 4 is 35.5 Å². The van der Waals surface area contributed by atoms with Crippen molar-refractivity contribution < 1.29 is 150 Å². The van der Waals surface area contributed by atoms with Gasteiger partial charge in [-0.3, -0.25) is 14.4 Å². The molecule has 0 aromatic heterocycles. The Morgan fingerprint density at radius 3 is 2.41 bits per heavy atom. The monoisotopic (exact) mass is 614 g/mol. The van der Waals surface area contributed by atoms with Gasteiger partial charge in [0.2, 0.25) is 0 Å². The fourth-order valence-corrected chi connectivity index (χ4v) is 3.33. The van der Waals surface area contributed by atoms with Crippen molar-refractivity contribution in [2.45, 2.75) is 44.9 Å². The zero-order valence-corrected chi connectivity index (χ0v) is 29.8. The van der Waals surface area contributed by atoms with E-state index in [2.05, 4.69) is 15.4 Å². The largest absolute Gasteiger partial charge is 1.00 e. The van der Waals surface area contributed by atoms with E-state index in [1.807, 2.05) is 0 Å². The minimum atomic E-state index is -0.609. The van der Waals surface area contributed by atoms with Crippen LogP contribution < -0.4 is 116 Å². The van der Waals surface area contributed by atoms with Crippen LogP contribution in [-0.2, 0) is 39.9 Å². The summed E-state index contributed by atoms with van der Waals surface area (Å²) in [6, 6.07) is 6.60. The van der Waals surface area contributed by atoms with Crippen LogP contribution >= 0.6 is 0 Å². The number of nitrogens with zero attached hydrogens (tertiary/aromatic N) is 2. The normalized spacial score (nSPS) is 14.7.